The Hall–Kier alpha value is -4.49. The highest BCUT2D eigenvalue weighted by Crippen LogP contribution is 2.53. The van der Waals surface area contributed by atoms with E-state index < -0.39 is 51.5 Å². The quantitative estimate of drug-likeness (QED) is 0.244. The zero-order valence-corrected chi connectivity index (χ0v) is 23.6. The number of aromatic nitrogens is 1. The monoisotopic (exact) mass is 607 g/mol. The molecule has 1 saturated heterocycles. The van der Waals surface area contributed by atoms with E-state index in [1.54, 1.807) is 19.1 Å². The second-order valence-corrected chi connectivity index (χ2v) is 11.6. The van der Waals surface area contributed by atoms with E-state index in [-0.39, 0.29) is 18.7 Å². The normalized spacial score (nSPS) is 19.4. The highest BCUT2D eigenvalue weighted by atomic mass is 32.2. The van der Waals surface area contributed by atoms with Crippen LogP contribution in [0.3, 0.4) is 0 Å². The largest absolute Gasteiger partial charge is 0.469 e. The van der Waals surface area contributed by atoms with E-state index >= 15 is 0 Å². The Labute approximate surface area is 246 Å². The number of furan rings is 1. The van der Waals surface area contributed by atoms with Crippen LogP contribution in [0.2, 0.25) is 0 Å². The van der Waals surface area contributed by atoms with Crippen molar-refractivity contribution in [3.8, 4) is 0 Å². The summed E-state index contributed by atoms with van der Waals surface area (Å²) in [5, 5.41) is 2.15. The Morgan fingerprint density at radius 2 is 1.76 bits per heavy atom. The number of hydrogen-bond donors (Lipinski definition) is 1. The lowest BCUT2D eigenvalue weighted by Crippen LogP contribution is -2.32. The lowest BCUT2D eigenvalue weighted by atomic mass is 9.87. The predicted octanol–water partition coefficient (Wildman–Crippen LogP) is 4.25. The van der Waals surface area contributed by atoms with E-state index in [1.807, 2.05) is 0 Å². The summed E-state index contributed by atoms with van der Waals surface area (Å²) in [6, 6.07) is 14.6. The van der Waals surface area contributed by atoms with Crippen molar-refractivity contribution in [2.24, 2.45) is 5.92 Å². The molecule has 4 heterocycles. The average Bonchev–Trinajstić information content (AvgIpc) is 3.67. The number of rotatable bonds is 7. The minimum absolute atomic E-state index is 0.210. The molecule has 2 aliphatic rings. The van der Waals surface area contributed by atoms with Crippen LogP contribution in [0.5, 0.6) is 0 Å². The molecule has 0 unspecified atom stereocenters. The van der Waals surface area contributed by atoms with Crippen molar-refractivity contribution in [1.82, 2.24) is 4.57 Å². The fourth-order valence-electron chi connectivity index (χ4n) is 5.12. The first kappa shape index (κ1) is 27.7. The average molecular weight is 608 g/mol. The van der Waals surface area contributed by atoms with Crippen LogP contribution in [0.4, 0.5) is 15.8 Å². The number of carbonyl (C=O) groups is 4. The van der Waals surface area contributed by atoms with Crippen LogP contribution < -0.4 is 15.1 Å². The van der Waals surface area contributed by atoms with Gasteiger partial charge in [0.15, 0.2) is 0 Å². The molecule has 2 aromatic heterocycles. The zero-order chi connectivity index (χ0) is 29.5. The van der Waals surface area contributed by atoms with Gasteiger partial charge in [0, 0.05) is 5.69 Å². The SMILES string of the molecule is CCOC(=O)c1ccc(N2C(=O)[C@H]3[C@H](c4ccco4)c4sc(=O)n(CC(=O)Nc5ccc(F)cc5)c4S[C@H]3C2=O)cc1. The number of imide groups is 1. The van der Waals surface area contributed by atoms with Gasteiger partial charge in [-0.2, -0.15) is 0 Å². The number of anilines is 2. The van der Waals surface area contributed by atoms with Crippen molar-refractivity contribution in [3.63, 3.8) is 0 Å². The van der Waals surface area contributed by atoms with E-state index in [0.717, 1.165) is 28.0 Å². The van der Waals surface area contributed by atoms with Crippen LogP contribution in [-0.4, -0.2) is 40.1 Å². The predicted molar refractivity (Wildman–Crippen MR) is 152 cm³/mol. The van der Waals surface area contributed by atoms with Crippen LogP contribution >= 0.6 is 23.1 Å². The number of esters is 1. The maximum absolute atomic E-state index is 13.9. The van der Waals surface area contributed by atoms with Gasteiger partial charge in [0.2, 0.25) is 17.7 Å². The number of fused-ring (bicyclic) bond motifs is 2. The van der Waals surface area contributed by atoms with E-state index in [2.05, 4.69) is 5.32 Å². The summed E-state index contributed by atoms with van der Waals surface area (Å²) in [5.41, 5.74) is 0.941. The second kappa shape index (κ2) is 11.1. The first-order valence-corrected chi connectivity index (χ1v) is 14.6. The van der Waals surface area contributed by atoms with Gasteiger partial charge in [0.05, 0.1) is 45.9 Å². The number of thioether (sulfide) groups is 1. The van der Waals surface area contributed by atoms with Crippen molar-refractivity contribution in [3.05, 3.63) is 98.6 Å². The zero-order valence-electron chi connectivity index (χ0n) is 21.9. The molecule has 13 heteroatoms. The molecule has 0 saturated carbocycles. The molecule has 3 atom stereocenters. The fraction of sp³-hybridized carbons (Fsp3) is 0.207. The minimum Gasteiger partial charge on any atom is -0.469 e. The second-order valence-electron chi connectivity index (χ2n) is 9.52. The molecule has 10 nitrogen and oxygen atoms in total. The van der Waals surface area contributed by atoms with Gasteiger partial charge in [-0.1, -0.05) is 23.1 Å². The Bertz CT molecular complexity index is 1750. The summed E-state index contributed by atoms with van der Waals surface area (Å²) >= 11 is 1.96. The number of amides is 3. The van der Waals surface area contributed by atoms with E-state index in [4.69, 9.17) is 9.15 Å². The smallest absolute Gasteiger partial charge is 0.338 e. The van der Waals surface area contributed by atoms with Gasteiger partial charge >= 0.3 is 10.8 Å². The summed E-state index contributed by atoms with van der Waals surface area (Å²) in [5.74, 6) is -3.63. The lowest BCUT2D eigenvalue weighted by molar-refractivity contribution is -0.122. The lowest BCUT2D eigenvalue weighted by Gasteiger charge is -2.29. The molecule has 2 aliphatic heterocycles. The molecule has 42 heavy (non-hydrogen) atoms. The number of benzene rings is 2. The molecule has 1 N–H and O–H groups in total. The molecule has 0 aliphatic carbocycles. The van der Waals surface area contributed by atoms with Gasteiger partial charge in [-0.25, -0.2) is 14.1 Å². The van der Waals surface area contributed by atoms with E-state index in [1.165, 1.54) is 59.4 Å². The van der Waals surface area contributed by atoms with Crippen LogP contribution in [-0.2, 0) is 25.7 Å². The van der Waals surface area contributed by atoms with Crippen LogP contribution in [0.1, 0.15) is 33.8 Å². The van der Waals surface area contributed by atoms with Crippen molar-refractivity contribution in [1.29, 1.82) is 0 Å². The van der Waals surface area contributed by atoms with Crippen molar-refractivity contribution >= 4 is 58.2 Å². The van der Waals surface area contributed by atoms with Crippen molar-refractivity contribution < 1.29 is 32.7 Å². The molecule has 1 fully saturated rings. The van der Waals surface area contributed by atoms with Gasteiger partial charge < -0.3 is 14.5 Å². The highest BCUT2D eigenvalue weighted by Gasteiger charge is 2.57. The number of nitrogens with one attached hydrogen (secondary N) is 1. The third-order valence-electron chi connectivity index (χ3n) is 6.97. The number of nitrogens with zero attached hydrogens (tertiary/aromatic N) is 2. The maximum Gasteiger partial charge on any atom is 0.338 e. The Kier molecular flexibility index (Phi) is 7.29. The van der Waals surface area contributed by atoms with Gasteiger partial charge in [-0.05, 0) is 67.6 Å². The fourth-order valence-corrected chi connectivity index (χ4v) is 7.88. The number of halogens is 1. The molecular weight excluding hydrogens is 585 g/mol. The summed E-state index contributed by atoms with van der Waals surface area (Å²) < 4.78 is 25.2. The summed E-state index contributed by atoms with van der Waals surface area (Å²) in [4.78, 5) is 66.9. The molecule has 2 aromatic carbocycles. The third-order valence-corrected chi connectivity index (χ3v) is 9.57. The Balaban J connectivity index is 1.34. The van der Waals surface area contributed by atoms with Crippen LogP contribution in [0.25, 0.3) is 0 Å². The summed E-state index contributed by atoms with van der Waals surface area (Å²) in [7, 11) is 0. The summed E-state index contributed by atoms with van der Waals surface area (Å²) in [6.45, 7) is 1.55. The first-order chi connectivity index (χ1) is 20.3. The van der Waals surface area contributed by atoms with Gasteiger partial charge in [-0.3, -0.25) is 23.7 Å². The number of hydrogen-bond acceptors (Lipinski definition) is 9. The van der Waals surface area contributed by atoms with Gasteiger partial charge in [-0.15, -0.1) is 0 Å². The standard InChI is InChI=1S/C29H22FN3O7S2/c1-2-39-28(37)15-5-11-18(12-6-15)33-25(35)22-21(19-4-3-13-40-19)24-27(41-23(22)26(33)36)32(29(38)42-24)14-20(34)31-17-9-7-16(30)8-10-17/h3-13,21-23H,2,14H2,1H3,(H,31,34)/t21-,22-,23+/m0/s1. The Morgan fingerprint density at radius 1 is 1.02 bits per heavy atom. The third kappa shape index (κ3) is 4.84. The van der Waals surface area contributed by atoms with Crippen molar-refractivity contribution in [2.75, 3.05) is 16.8 Å². The van der Waals surface area contributed by atoms with Gasteiger partial charge in [0.1, 0.15) is 23.4 Å². The number of ether oxygens (including phenoxy) is 1. The number of thiazole rings is 1. The number of carbonyl (C=O) groups excluding carboxylic acids is 4. The summed E-state index contributed by atoms with van der Waals surface area (Å²) in [6.07, 6.45) is 1.45. The molecular formula is C29H22FN3O7S2. The first-order valence-electron chi connectivity index (χ1n) is 12.9. The van der Waals surface area contributed by atoms with Crippen LogP contribution in [0.15, 0.2) is 81.2 Å². The topological polar surface area (TPSA) is 128 Å². The van der Waals surface area contributed by atoms with Crippen LogP contribution in [0, 0.1) is 11.7 Å². The Morgan fingerprint density at radius 3 is 2.43 bits per heavy atom. The minimum atomic E-state index is -0.898. The maximum atomic E-state index is 13.9. The molecule has 0 bridgehead atoms. The molecule has 3 amide bonds. The molecule has 0 spiro atoms. The van der Waals surface area contributed by atoms with E-state index in [0.29, 0.717) is 27.0 Å². The molecule has 214 valence electrons. The molecule has 6 rings (SSSR count). The van der Waals surface area contributed by atoms with Gasteiger partial charge in [0.25, 0.3) is 0 Å². The van der Waals surface area contributed by atoms with Crippen molar-refractivity contribution in [2.45, 2.75) is 29.7 Å². The van der Waals surface area contributed by atoms with E-state index in [9.17, 15) is 28.4 Å². The molecule has 0 radical (unpaired) electrons. The molecule has 4 aromatic rings. The highest BCUT2D eigenvalue weighted by molar-refractivity contribution is 8.00.